The van der Waals surface area contributed by atoms with Crippen LogP contribution in [-0.4, -0.2) is 40.8 Å². The van der Waals surface area contributed by atoms with Crippen molar-refractivity contribution in [1.29, 1.82) is 0 Å². The Morgan fingerprint density at radius 1 is 0.885 bits per heavy atom. The molecule has 0 bridgehead atoms. The third-order valence-electron chi connectivity index (χ3n) is 11.1. The van der Waals surface area contributed by atoms with E-state index in [1.807, 2.05) is 24.3 Å². The second-order valence-electron chi connectivity index (χ2n) is 13.4. The van der Waals surface area contributed by atoms with E-state index < -0.39 is 63.6 Å². The van der Waals surface area contributed by atoms with Crippen LogP contribution in [0.15, 0.2) is 107 Å². The molecule has 6 atom stereocenters. The van der Waals surface area contributed by atoms with E-state index in [-0.39, 0.29) is 35.7 Å². The lowest BCUT2D eigenvalue weighted by Crippen LogP contribution is -2.53. The number of halogens is 2. The smallest absolute Gasteiger partial charge is 0.271 e. The van der Waals surface area contributed by atoms with Gasteiger partial charge < -0.3 is 9.84 Å². The number of carbonyl (C=O) groups is 4. The minimum atomic E-state index is -1.53. The molecule has 4 aliphatic rings. The van der Waals surface area contributed by atoms with Gasteiger partial charge in [-0.05, 0) is 82.2 Å². The largest absolute Gasteiger partial charge is 0.503 e. The molecule has 1 N–H and O–H groups in total. The number of phenolic OH excluding ortho intramolecular Hbond substituents is 1. The molecule has 0 aromatic heterocycles. The first-order valence-electron chi connectivity index (χ1n) is 16.6. The molecule has 52 heavy (non-hydrogen) atoms. The Bertz CT molecular complexity index is 2260. The number of hydrogen-bond donors (Lipinski definition) is 1. The minimum absolute atomic E-state index is 0.0677. The Morgan fingerprint density at radius 2 is 1.60 bits per heavy atom. The summed E-state index contributed by atoms with van der Waals surface area (Å²) in [5.41, 5.74) is 0.447. The Balaban J connectivity index is 1.36. The molecular weight excluding hydrogens is 754 g/mol. The van der Waals surface area contributed by atoms with Crippen LogP contribution in [-0.2, 0) is 24.6 Å². The number of amides is 4. The van der Waals surface area contributed by atoms with Crippen LogP contribution in [0.2, 0.25) is 5.02 Å². The molecule has 13 heteroatoms. The van der Waals surface area contributed by atoms with Gasteiger partial charge in [-0.1, -0.05) is 65.7 Å². The van der Waals surface area contributed by atoms with Crippen molar-refractivity contribution in [3.63, 3.8) is 0 Å². The lowest BCUT2D eigenvalue weighted by molar-refractivity contribution is -0.384. The van der Waals surface area contributed by atoms with Crippen molar-refractivity contribution in [3.05, 3.63) is 133 Å². The third kappa shape index (κ3) is 4.77. The molecule has 2 aliphatic heterocycles. The van der Waals surface area contributed by atoms with Crippen molar-refractivity contribution in [2.45, 2.75) is 24.2 Å². The molecular formula is C39H29BrClN3O8. The molecule has 8 rings (SSSR count). The average Bonchev–Trinajstić information content (AvgIpc) is 3.53. The van der Waals surface area contributed by atoms with Gasteiger partial charge in [0.15, 0.2) is 11.5 Å². The van der Waals surface area contributed by atoms with Crippen LogP contribution in [0.3, 0.4) is 0 Å². The summed E-state index contributed by atoms with van der Waals surface area (Å²) >= 11 is 9.84. The molecule has 2 heterocycles. The number of nitrogens with zero attached hydrogens (tertiary/aromatic N) is 3. The summed E-state index contributed by atoms with van der Waals surface area (Å²) in [5, 5.41) is 22.8. The number of aromatic hydroxyl groups is 1. The number of fused-ring (bicyclic) bond motifs is 4. The summed E-state index contributed by atoms with van der Waals surface area (Å²) in [6, 6.07) is 24.3. The number of phenols is 1. The maximum atomic E-state index is 15.4. The Hall–Kier alpha value is -5.33. The van der Waals surface area contributed by atoms with Gasteiger partial charge in [0, 0.05) is 23.1 Å². The van der Waals surface area contributed by atoms with E-state index in [9.17, 15) is 29.6 Å². The first-order valence-corrected chi connectivity index (χ1v) is 17.7. The fourth-order valence-electron chi connectivity index (χ4n) is 9.03. The zero-order chi connectivity index (χ0) is 36.6. The predicted molar refractivity (Wildman–Crippen MR) is 194 cm³/mol. The van der Waals surface area contributed by atoms with Crippen LogP contribution >= 0.6 is 27.5 Å². The van der Waals surface area contributed by atoms with Gasteiger partial charge >= 0.3 is 0 Å². The van der Waals surface area contributed by atoms with Crippen LogP contribution < -0.4 is 14.5 Å². The molecule has 0 radical (unpaired) electrons. The van der Waals surface area contributed by atoms with Crippen molar-refractivity contribution in [1.82, 2.24) is 0 Å². The fourth-order valence-corrected chi connectivity index (χ4v) is 9.68. The average molecular weight is 783 g/mol. The molecule has 3 fully saturated rings. The Kier molecular flexibility index (Phi) is 8.07. The highest BCUT2D eigenvalue weighted by atomic mass is 79.9. The first-order chi connectivity index (χ1) is 25.0. The number of rotatable bonds is 6. The molecule has 2 aliphatic carbocycles. The maximum absolute atomic E-state index is 15.4. The zero-order valence-corrected chi connectivity index (χ0v) is 29.8. The Morgan fingerprint density at radius 3 is 2.29 bits per heavy atom. The van der Waals surface area contributed by atoms with Crippen molar-refractivity contribution in [3.8, 4) is 11.5 Å². The number of carbonyl (C=O) groups excluding carboxylic acids is 4. The van der Waals surface area contributed by atoms with E-state index in [0.29, 0.717) is 31.9 Å². The third-order valence-corrected chi connectivity index (χ3v) is 11.9. The lowest BCUT2D eigenvalue weighted by Gasteiger charge is -2.50. The van der Waals surface area contributed by atoms with E-state index in [2.05, 4.69) is 15.9 Å². The van der Waals surface area contributed by atoms with Crippen LogP contribution in [0.25, 0.3) is 0 Å². The topological polar surface area (TPSA) is 147 Å². The number of ether oxygens (including phenoxy) is 1. The highest BCUT2D eigenvalue weighted by Crippen LogP contribution is 2.65. The van der Waals surface area contributed by atoms with Gasteiger partial charge in [-0.2, -0.15) is 0 Å². The number of anilines is 2. The van der Waals surface area contributed by atoms with Gasteiger partial charge in [0.2, 0.25) is 23.6 Å². The van der Waals surface area contributed by atoms with Crippen molar-refractivity contribution >= 4 is 68.2 Å². The van der Waals surface area contributed by atoms with Gasteiger partial charge in [-0.15, -0.1) is 0 Å². The molecule has 4 amide bonds. The van der Waals surface area contributed by atoms with Gasteiger partial charge in [0.1, 0.15) is 0 Å². The molecule has 11 nitrogen and oxygen atoms in total. The van der Waals surface area contributed by atoms with Gasteiger partial charge in [0.25, 0.3) is 5.69 Å². The van der Waals surface area contributed by atoms with Gasteiger partial charge in [0.05, 0.1) is 51.0 Å². The van der Waals surface area contributed by atoms with E-state index in [0.717, 1.165) is 4.90 Å². The first kappa shape index (κ1) is 33.8. The highest BCUT2D eigenvalue weighted by Gasteiger charge is 2.70. The molecule has 6 unspecified atom stereocenters. The van der Waals surface area contributed by atoms with E-state index in [1.165, 1.54) is 36.3 Å². The summed E-state index contributed by atoms with van der Waals surface area (Å²) in [6.45, 7) is 0. The van der Waals surface area contributed by atoms with E-state index >= 15 is 4.79 Å². The van der Waals surface area contributed by atoms with E-state index in [1.54, 1.807) is 48.5 Å². The molecule has 4 aromatic rings. The standard InChI is InChI=1S/C39H29BrClN3O8/c1-52-31-16-20(15-30(40)34(31)45)33-26-13-14-27-32(37(48)42(35(27)46)24-11-6-12-25(18-24)44(50)51)28(26)19-29-36(47)43(23-10-5-9-22(41)17-23)38(49)39(29,33)21-7-3-2-4-8-21/h2-13,15-18,27-29,32-33,45H,14,19H2,1H3. The minimum Gasteiger partial charge on any atom is -0.503 e. The monoisotopic (exact) mass is 781 g/mol. The number of nitro benzene ring substituents is 1. The second-order valence-corrected chi connectivity index (χ2v) is 14.7. The van der Waals surface area contributed by atoms with Crippen LogP contribution in [0.5, 0.6) is 11.5 Å². The summed E-state index contributed by atoms with van der Waals surface area (Å²) < 4.78 is 5.85. The van der Waals surface area contributed by atoms with Crippen LogP contribution in [0.1, 0.15) is 29.9 Å². The SMILES string of the molecule is COc1cc(C2C3=CCC4C(=O)N(c5cccc([N+](=O)[O-])c5)C(=O)C4C3CC3C(=O)N(c4cccc(Cl)c4)C(=O)C32c2ccccc2)cc(Br)c1O. The molecule has 4 aromatic carbocycles. The number of imide groups is 2. The lowest BCUT2D eigenvalue weighted by atomic mass is 9.49. The summed E-state index contributed by atoms with van der Waals surface area (Å²) in [4.78, 5) is 72.0. The molecule has 2 saturated heterocycles. The summed E-state index contributed by atoms with van der Waals surface area (Å²) in [7, 11) is 1.41. The molecule has 0 spiro atoms. The van der Waals surface area contributed by atoms with Crippen LogP contribution in [0, 0.1) is 33.8 Å². The summed E-state index contributed by atoms with van der Waals surface area (Å²) in [6.07, 6.45) is 2.14. The normalized spacial score (nSPS) is 26.5. The molecule has 1 saturated carbocycles. The van der Waals surface area contributed by atoms with Crippen LogP contribution in [0.4, 0.5) is 17.1 Å². The maximum Gasteiger partial charge on any atom is 0.271 e. The quantitative estimate of drug-likeness (QED) is 0.0944. The fraction of sp³-hybridized carbons (Fsp3) is 0.231. The Labute approximate surface area is 310 Å². The van der Waals surface area contributed by atoms with Gasteiger partial charge in [-0.3, -0.25) is 29.3 Å². The van der Waals surface area contributed by atoms with Crippen molar-refractivity contribution in [2.75, 3.05) is 16.9 Å². The second kappa shape index (κ2) is 12.4. The predicted octanol–water partition coefficient (Wildman–Crippen LogP) is 7.09. The summed E-state index contributed by atoms with van der Waals surface area (Å²) in [5.74, 6) is -6.20. The van der Waals surface area contributed by atoms with Crippen molar-refractivity contribution < 1.29 is 33.9 Å². The number of nitro groups is 1. The van der Waals surface area contributed by atoms with E-state index in [4.69, 9.17) is 16.3 Å². The molecule has 262 valence electrons. The van der Waals surface area contributed by atoms with Gasteiger partial charge in [-0.25, -0.2) is 9.80 Å². The number of methoxy groups -OCH3 is 1. The number of non-ortho nitro benzene ring substituents is 1. The zero-order valence-electron chi connectivity index (χ0n) is 27.4. The highest BCUT2D eigenvalue weighted by molar-refractivity contribution is 9.10. The number of hydrogen-bond acceptors (Lipinski definition) is 8. The number of benzene rings is 4. The number of allylic oxidation sites excluding steroid dienone is 2. The van der Waals surface area contributed by atoms with Crippen molar-refractivity contribution in [2.24, 2.45) is 23.7 Å².